The van der Waals surface area contributed by atoms with Crippen LogP contribution in [0.1, 0.15) is 5.56 Å². The molecule has 2 heterocycles. The molecule has 1 atom stereocenters. The minimum absolute atomic E-state index is 0.200. The molecule has 0 fully saturated rings. The van der Waals surface area contributed by atoms with Gasteiger partial charge in [0.2, 0.25) is 0 Å². The van der Waals surface area contributed by atoms with Crippen molar-refractivity contribution in [2.24, 2.45) is 0 Å². The van der Waals surface area contributed by atoms with E-state index < -0.39 is 0 Å². The topological polar surface area (TPSA) is 54.9 Å². The van der Waals surface area contributed by atoms with Crippen molar-refractivity contribution in [1.29, 1.82) is 0 Å². The third kappa shape index (κ3) is 1.04. The quantitative estimate of drug-likeness (QED) is 0.514. The summed E-state index contributed by atoms with van der Waals surface area (Å²) in [5.74, 6) is 0.673. The van der Waals surface area contributed by atoms with E-state index in [2.05, 4.69) is 15.3 Å². The summed E-state index contributed by atoms with van der Waals surface area (Å²) in [5.41, 5.74) is 0.830. The lowest BCUT2D eigenvalue weighted by atomic mass is 10.2. The van der Waals surface area contributed by atoms with Gasteiger partial charge in [0.1, 0.15) is 23.6 Å². The predicted octanol–water partition coefficient (Wildman–Crippen LogP) is 0.665. The van der Waals surface area contributed by atoms with Crippen molar-refractivity contribution >= 4 is 23.7 Å². The van der Waals surface area contributed by atoms with Gasteiger partial charge in [0.25, 0.3) is 0 Å². The molecule has 0 radical (unpaired) electrons. The van der Waals surface area contributed by atoms with Crippen LogP contribution < -0.4 is 5.32 Å². The van der Waals surface area contributed by atoms with Crippen LogP contribution in [0.5, 0.6) is 0 Å². The Morgan fingerprint density at radius 2 is 2.50 bits per heavy atom. The summed E-state index contributed by atoms with van der Waals surface area (Å²) in [7, 11) is 0. The van der Waals surface area contributed by atoms with Crippen molar-refractivity contribution in [3.63, 3.8) is 0 Å². The Labute approximate surface area is 74.0 Å². The monoisotopic (exact) mass is 183 g/mol. The van der Waals surface area contributed by atoms with Crippen LogP contribution >= 0.6 is 11.6 Å². The number of halogens is 1. The zero-order chi connectivity index (χ0) is 8.55. The highest BCUT2D eigenvalue weighted by atomic mass is 35.5. The van der Waals surface area contributed by atoms with Crippen LogP contribution in [-0.4, -0.2) is 22.3 Å². The zero-order valence-electron chi connectivity index (χ0n) is 6.12. The van der Waals surface area contributed by atoms with E-state index in [0.717, 1.165) is 11.8 Å². The van der Waals surface area contributed by atoms with Crippen molar-refractivity contribution in [2.75, 3.05) is 5.32 Å². The molecule has 1 aromatic heterocycles. The molecule has 0 saturated carbocycles. The Balaban J connectivity index is 2.41. The van der Waals surface area contributed by atoms with Crippen LogP contribution in [0.15, 0.2) is 6.33 Å². The summed E-state index contributed by atoms with van der Waals surface area (Å²) >= 11 is 5.78. The lowest BCUT2D eigenvalue weighted by Crippen LogP contribution is -2.16. The standard InChI is InChI=1S/C7H6ClN3O/c8-6-5-1-4(2-12)11-7(5)10-3-9-6/h2-4H,1H2,(H,9,10,11). The molecule has 1 aliphatic heterocycles. The smallest absolute Gasteiger partial charge is 0.142 e. The van der Waals surface area contributed by atoms with Gasteiger partial charge in [0.15, 0.2) is 0 Å². The second-order valence-corrected chi connectivity index (χ2v) is 2.94. The highest BCUT2D eigenvalue weighted by Gasteiger charge is 2.23. The van der Waals surface area contributed by atoms with E-state index in [1.54, 1.807) is 0 Å². The van der Waals surface area contributed by atoms with Gasteiger partial charge < -0.3 is 10.1 Å². The Kier molecular flexibility index (Phi) is 1.69. The number of nitrogens with one attached hydrogen (secondary N) is 1. The summed E-state index contributed by atoms with van der Waals surface area (Å²) in [6, 6.07) is -0.200. The summed E-state index contributed by atoms with van der Waals surface area (Å²) in [4.78, 5) is 18.2. The molecular formula is C7H6ClN3O. The highest BCUT2D eigenvalue weighted by Crippen LogP contribution is 2.27. The minimum Gasteiger partial charge on any atom is -0.360 e. The summed E-state index contributed by atoms with van der Waals surface area (Å²) in [5, 5.41) is 3.35. The molecule has 62 valence electrons. The number of fused-ring (bicyclic) bond motifs is 1. The van der Waals surface area contributed by atoms with Crippen molar-refractivity contribution in [1.82, 2.24) is 9.97 Å². The second kappa shape index (κ2) is 2.71. The molecule has 0 amide bonds. The third-order valence-corrected chi connectivity index (χ3v) is 2.13. The van der Waals surface area contributed by atoms with Gasteiger partial charge in [-0.05, 0) is 0 Å². The van der Waals surface area contributed by atoms with Crippen molar-refractivity contribution < 1.29 is 4.79 Å². The van der Waals surface area contributed by atoms with Crippen molar-refractivity contribution in [2.45, 2.75) is 12.5 Å². The molecule has 5 heteroatoms. The molecule has 12 heavy (non-hydrogen) atoms. The average Bonchev–Trinajstić information content (AvgIpc) is 2.49. The maximum absolute atomic E-state index is 10.4. The van der Waals surface area contributed by atoms with Crippen LogP contribution in [0.4, 0.5) is 5.82 Å². The lowest BCUT2D eigenvalue weighted by Gasteiger charge is -1.98. The van der Waals surface area contributed by atoms with Gasteiger partial charge in [-0.1, -0.05) is 11.6 Å². The van der Waals surface area contributed by atoms with Gasteiger partial charge in [-0.25, -0.2) is 9.97 Å². The number of rotatable bonds is 1. The van der Waals surface area contributed by atoms with E-state index in [1.807, 2.05) is 0 Å². The fourth-order valence-corrected chi connectivity index (χ4v) is 1.44. The maximum atomic E-state index is 10.4. The van der Waals surface area contributed by atoms with Crippen LogP contribution in [-0.2, 0) is 11.2 Å². The van der Waals surface area contributed by atoms with Gasteiger partial charge in [-0.2, -0.15) is 0 Å². The van der Waals surface area contributed by atoms with Gasteiger partial charge in [-0.3, -0.25) is 0 Å². The molecule has 0 spiro atoms. The minimum atomic E-state index is -0.200. The van der Waals surface area contributed by atoms with Crippen LogP contribution in [0.3, 0.4) is 0 Å². The number of hydrogen-bond acceptors (Lipinski definition) is 4. The first-order valence-electron chi connectivity index (χ1n) is 3.52. The number of aldehydes is 1. The van der Waals surface area contributed by atoms with Gasteiger partial charge >= 0.3 is 0 Å². The van der Waals surface area contributed by atoms with Gasteiger partial charge in [0.05, 0.1) is 6.04 Å². The normalized spacial score (nSPS) is 19.9. The predicted molar refractivity (Wildman–Crippen MR) is 44.2 cm³/mol. The first kappa shape index (κ1) is 7.49. The van der Waals surface area contributed by atoms with E-state index in [1.165, 1.54) is 6.33 Å². The van der Waals surface area contributed by atoms with Gasteiger partial charge in [0, 0.05) is 12.0 Å². The number of carbonyl (C=O) groups excluding carboxylic acids is 1. The zero-order valence-corrected chi connectivity index (χ0v) is 6.88. The molecule has 4 nitrogen and oxygen atoms in total. The molecular weight excluding hydrogens is 178 g/mol. The largest absolute Gasteiger partial charge is 0.360 e. The SMILES string of the molecule is O=CC1Cc2c(Cl)ncnc2N1. The molecule has 1 aliphatic rings. The van der Waals surface area contributed by atoms with Gasteiger partial charge in [-0.15, -0.1) is 0 Å². The Bertz CT molecular complexity index is 328. The number of nitrogens with zero attached hydrogens (tertiary/aromatic N) is 2. The molecule has 0 aliphatic carbocycles. The van der Waals surface area contributed by atoms with E-state index in [4.69, 9.17) is 11.6 Å². The number of anilines is 1. The fraction of sp³-hybridized carbons (Fsp3) is 0.286. The number of carbonyl (C=O) groups is 1. The Morgan fingerprint density at radius 3 is 3.17 bits per heavy atom. The van der Waals surface area contributed by atoms with Crippen molar-refractivity contribution in [3.8, 4) is 0 Å². The second-order valence-electron chi connectivity index (χ2n) is 2.58. The summed E-state index contributed by atoms with van der Waals surface area (Å²) in [6.07, 6.45) is 2.80. The van der Waals surface area contributed by atoms with Crippen LogP contribution in [0.2, 0.25) is 5.15 Å². The van der Waals surface area contributed by atoms with Crippen LogP contribution in [0.25, 0.3) is 0 Å². The highest BCUT2D eigenvalue weighted by molar-refractivity contribution is 6.30. The Morgan fingerprint density at radius 1 is 1.67 bits per heavy atom. The number of hydrogen-bond donors (Lipinski definition) is 1. The lowest BCUT2D eigenvalue weighted by molar-refractivity contribution is -0.108. The third-order valence-electron chi connectivity index (χ3n) is 1.80. The fourth-order valence-electron chi connectivity index (χ4n) is 1.22. The maximum Gasteiger partial charge on any atom is 0.142 e. The molecule has 1 aromatic rings. The summed E-state index contributed by atoms with van der Waals surface area (Å²) < 4.78 is 0. The molecule has 2 rings (SSSR count). The van der Waals surface area contributed by atoms with Crippen molar-refractivity contribution in [3.05, 3.63) is 17.0 Å². The van der Waals surface area contributed by atoms with E-state index >= 15 is 0 Å². The van der Waals surface area contributed by atoms with E-state index in [0.29, 0.717) is 17.4 Å². The average molecular weight is 184 g/mol. The molecule has 0 bridgehead atoms. The van der Waals surface area contributed by atoms with E-state index in [9.17, 15) is 4.79 Å². The first-order valence-corrected chi connectivity index (χ1v) is 3.90. The first-order chi connectivity index (χ1) is 5.81. The number of aromatic nitrogens is 2. The molecule has 1 unspecified atom stereocenters. The molecule has 1 N–H and O–H groups in total. The molecule has 0 aromatic carbocycles. The van der Waals surface area contributed by atoms with Crippen LogP contribution in [0, 0.1) is 0 Å². The summed E-state index contributed by atoms with van der Waals surface area (Å²) in [6.45, 7) is 0. The Hall–Kier alpha value is -1.16. The molecule has 0 saturated heterocycles. The van der Waals surface area contributed by atoms with E-state index in [-0.39, 0.29) is 6.04 Å².